The molecule has 13 nitrogen and oxygen atoms in total. The van der Waals surface area contributed by atoms with Crippen molar-refractivity contribution in [2.24, 2.45) is 0 Å². The van der Waals surface area contributed by atoms with E-state index in [-0.39, 0.29) is 26.1 Å². The first-order valence-electron chi connectivity index (χ1n) is 12.2. The minimum absolute atomic E-state index is 0.0166. The second kappa shape index (κ2) is 13.7. The Labute approximate surface area is 220 Å². The molecule has 0 fully saturated rings. The number of nitrogens with zero attached hydrogens (tertiary/aromatic N) is 5. The standard InChI is InChI=1S/C25H32N8O5/c1-4-37-22(34)11-10-21(25(36)38-5-2)30-24(35)17-6-8-19(9-7-17)28-13-20-15-33(32-31-20)14-18-12-27-16(3)29-23(18)26/h6-9,12,15,21,28H,4-5,10-11,13-14H2,1-3H3,(H,30,35)(H2,26,27,29). The van der Waals surface area contributed by atoms with Crippen LogP contribution in [0, 0.1) is 6.92 Å². The second-order valence-corrected chi connectivity index (χ2v) is 8.29. The molecule has 38 heavy (non-hydrogen) atoms. The summed E-state index contributed by atoms with van der Waals surface area (Å²) in [6, 6.07) is 5.77. The van der Waals surface area contributed by atoms with Gasteiger partial charge >= 0.3 is 11.9 Å². The summed E-state index contributed by atoms with van der Waals surface area (Å²) in [4.78, 5) is 45.0. The highest BCUT2D eigenvalue weighted by atomic mass is 16.5. The maximum Gasteiger partial charge on any atom is 0.328 e. The number of carbonyl (C=O) groups is 3. The van der Waals surface area contributed by atoms with Crippen molar-refractivity contribution >= 4 is 29.4 Å². The van der Waals surface area contributed by atoms with Gasteiger partial charge in [-0.2, -0.15) is 0 Å². The van der Waals surface area contributed by atoms with Crippen LogP contribution >= 0.6 is 0 Å². The number of hydrogen-bond acceptors (Lipinski definition) is 11. The van der Waals surface area contributed by atoms with Crippen molar-refractivity contribution in [2.75, 3.05) is 24.3 Å². The lowest BCUT2D eigenvalue weighted by molar-refractivity contribution is -0.146. The lowest BCUT2D eigenvalue weighted by Gasteiger charge is -2.17. The number of anilines is 2. The number of rotatable bonds is 13. The fraction of sp³-hybridized carbons (Fsp3) is 0.400. The van der Waals surface area contributed by atoms with E-state index in [1.807, 2.05) is 0 Å². The molecule has 2 aromatic heterocycles. The largest absolute Gasteiger partial charge is 0.466 e. The molecule has 2 heterocycles. The van der Waals surface area contributed by atoms with Crippen LogP contribution in [0.3, 0.4) is 0 Å². The third-order valence-electron chi connectivity index (χ3n) is 5.38. The van der Waals surface area contributed by atoms with Gasteiger partial charge in [0, 0.05) is 29.4 Å². The average molecular weight is 525 g/mol. The summed E-state index contributed by atoms with van der Waals surface area (Å²) < 4.78 is 11.6. The molecular formula is C25H32N8O5. The molecule has 0 saturated heterocycles. The highest BCUT2D eigenvalue weighted by Gasteiger charge is 2.24. The molecule has 13 heteroatoms. The Kier molecular flexibility index (Phi) is 10.1. The molecule has 0 aliphatic rings. The predicted octanol–water partition coefficient (Wildman–Crippen LogP) is 1.62. The minimum Gasteiger partial charge on any atom is -0.466 e. The molecule has 0 spiro atoms. The van der Waals surface area contributed by atoms with Gasteiger partial charge in [0.2, 0.25) is 0 Å². The molecule has 0 aliphatic carbocycles. The predicted molar refractivity (Wildman–Crippen MR) is 138 cm³/mol. The number of benzene rings is 1. The number of nitrogens with two attached hydrogens (primary N) is 1. The normalized spacial score (nSPS) is 11.4. The maximum atomic E-state index is 12.7. The Morgan fingerprint density at radius 2 is 1.84 bits per heavy atom. The molecule has 1 aromatic carbocycles. The van der Waals surface area contributed by atoms with E-state index in [0.717, 1.165) is 11.3 Å². The Hall–Kier alpha value is -4.55. The monoisotopic (exact) mass is 524 g/mol. The van der Waals surface area contributed by atoms with Crippen LogP contribution in [0.25, 0.3) is 0 Å². The fourth-order valence-electron chi connectivity index (χ4n) is 3.47. The van der Waals surface area contributed by atoms with E-state index in [9.17, 15) is 14.4 Å². The Morgan fingerprint density at radius 1 is 1.11 bits per heavy atom. The van der Waals surface area contributed by atoms with E-state index in [2.05, 4.69) is 30.9 Å². The molecule has 0 radical (unpaired) electrons. The van der Waals surface area contributed by atoms with Crippen molar-refractivity contribution in [3.63, 3.8) is 0 Å². The molecule has 1 unspecified atom stereocenters. The van der Waals surface area contributed by atoms with Gasteiger partial charge in [-0.05, 0) is 51.5 Å². The molecule has 1 atom stereocenters. The third-order valence-corrected chi connectivity index (χ3v) is 5.38. The van der Waals surface area contributed by atoms with Crippen LogP contribution in [0.2, 0.25) is 0 Å². The highest BCUT2D eigenvalue weighted by molar-refractivity contribution is 5.97. The van der Waals surface area contributed by atoms with E-state index in [1.165, 1.54) is 0 Å². The maximum absolute atomic E-state index is 12.7. The zero-order valence-corrected chi connectivity index (χ0v) is 21.6. The second-order valence-electron chi connectivity index (χ2n) is 8.29. The molecule has 0 saturated carbocycles. The van der Waals surface area contributed by atoms with Crippen molar-refractivity contribution in [1.82, 2.24) is 30.3 Å². The first-order valence-corrected chi connectivity index (χ1v) is 12.2. The van der Waals surface area contributed by atoms with E-state index in [0.29, 0.717) is 36.0 Å². The van der Waals surface area contributed by atoms with Gasteiger partial charge < -0.3 is 25.8 Å². The summed E-state index contributed by atoms with van der Waals surface area (Å²) in [7, 11) is 0. The van der Waals surface area contributed by atoms with E-state index in [4.69, 9.17) is 15.2 Å². The van der Waals surface area contributed by atoms with Gasteiger partial charge in [-0.3, -0.25) is 9.59 Å². The van der Waals surface area contributed by atoms with Crippen LogP contribution in [0.15, 0.2) is 36.7 Å². The van der Waals surface area contributed by atoms with Crippen molar-refractivity contribution in [3.8, 4) is 0 Å². The van der Waals surface area contributed by atoms with E-state index in [1.54, 1.807) is 62.1 Å². The van der Waals surface area contributed by atoms with Crippen LogP contribution in [0.1, 0.15) is 54.1 Å². The van der Waals surface area contributed by atoms with Crippen molar-refractivity contribution in [2.45, 2.75) is 52.7 Å². The third kappa shape index (κ3) is 8.25. The number of nitrogens with one attached hydrogen (secondary N) is 2. The number of aryl methyl sites for hydroxylation is 1. The number of aromatic nitrogens is 5. The first-order chi connectivity index (χ1) is 18.3. The Bertz CT molecular complexity index is 1240. The number of ether oxygens (including phenoxy) is 2. The van der Waals surface area contributed by atoms with Gasteiger partial charge in [-0.15, -0.1) is 5.10 Å². The summed E-state index contributed by atoms with van der Waals surface area (Å²) in [5.41, 5.74) is 8.51. The van der Waals surface area contributed by atoms with Crippen LogP contribution in [0.4, 0.5) is 11.5 Å². The SMILES string of the molecule is CCOC(=O)CCC(NC(=O)c1ccc(NCc2cn(Cc3cnc(C)nc3N)nn2)cc1)C(=O)OCC. The van der Waals surface area contributed by atoms with E-state index >= 15 is 0 Å². The van der Waals surface area contributed by atoms with Crippen LogP contribution in [-0.2, 0) is 32.2 Å². The smallest absolute Gasteiger partial charge is 0.328 e. The van der Waals surface area contributed by atoms with Gasteiger partial charge in [-0.25, -0.2) is 19.4 Å². The molecule has 4 N–H and O–H groups in total. The molecular weight excluding hydrogens is 492 g/mol. The van der Waals surface area contributed by atoms with E-state index < -0.39 is 23.9 Å². The highest BCUT2D eigenvalue weighted by Crippen LogP contribution is 2.13. The number of amides is 1. The molecule has 0 bridgehead atoms. The summed E-state index contributed by atoms with van der Waals surface area (Å²) in [6.45, 7) is 6.35. The lowest BCUT2D eigenvalue weighted by atomic mass is 10.1. The van der Waals surface area contributed by atoms with Crippen molar-refractivity contribution in [1.29, 1.82) is 0 Å². The first kappa shape index (κ1) is 28.0. The van der Waals surface area contributed by atoms with Gasteiger partial charge in [0.05, 0.1) is 32.5 Å². The van der Waals surface area contributed by atoms with Gasteiger partial charge in [0.1, 0.15) is 23.4 Å². The summed E-state index contributed by atoms with van der Waals surface area (Å²) in [6.07, 6.45) is 3.52. The fourth-order valence-corrected chi connectivity index (χ4v) is 3.47. The molecule has 1 amide bonds. The molecule has 0 aliphatic heterocycles. The number of nitrogen functional groups attached to an aromatic ring is 1. The lowest BCUT2D eigenvalue weighted by Crippen LogP contribution is -2.42. The van der Waals surface area contributed by atoms with Crippen LogP contribution < -0.4 is 16.4 Å². The average Bonchev–Trinajstić information content (AvgIpc) is 3.34. The van der Waals surface area contributed by atoms with Crippen molar-refractivity contribution in [3.05, 3.63) is 59.3 Å². The summed E-state index contributed by atoms with van der Waals surface area (Å²) >= 11 is 0. The Morgan fingerprint density at radius 3 is 2.53 bits per heavy atom. The number of esters is 2. The number of hydrogen-bond donors (Lipinski definition) is 3. The minimum atomic E-state index is -0.964. The topological polar surface area (TPSA) is 176 Å². The zero-order valence-electron chi connectivity index (χ0n) is 21.6. The summed E-state index contributed by atoms with van der Waals surface area (Å²) in [5, 5.41) is 14.1. The van der Waals surface area contributed by atoms with Crippen LogP contribution in [0.5, 0.6) is 0 Å². The van der Waals surface area contributed by atoms with Crippen molar-refractivity contribution < 1.29 is 23.9 Å². The number of carbonyl (C=O) groups excluding carboxylic acids is 3. The van der Waals surface area contributed by atoms with Gasteiger partial charge in [0.15, 0.2) is 0 Å². The molecule has 202 valence electrons. The van der Waals surface area contributed by atoms with Gasteiger partial charge in [0.25, 0.3) is 5.91 Å². The molecule has 3 rings (SSSR count). The quantitative estimate of drug-likeness (QED) is 0.277. The van der Waals surface area contributed by atoms with Gasteiger partial charge in [-0.1, -0.05) is 5.21 Å². The summed E-state index contributed by atoms with van der Waals surface area (Å²) in [5.74, 6) is -0.495. The van der Waals surface area contributed by atoms with Crippen LogP contribution in [-0.4, -0.2) is 62.1 Å². The zero-order chi connectivity index (χ0) is 27.5. The molecule has 3 aromatic rings. The Balaban J connectivity index is 1.54.